The minimum atomic E-state index is -0.457. The maximum atomic E-state index is 13.2. The van der Waals surface area contributed by atoms with Crippen LogP contribution < -0.4 is 5.26 Å². The quantitative estimate of drug-likeness (QED) is 0.171. The number of ether oxygens (including phenoxy) is 2. The number of benzene rings is 1. The van der Waals surface area contributed by atoms with Crippen molar-refractivity contribution < 1.29 is 33.7 Å². The van der Waals surface area contributed by atoms with E-state index in [2.05, 4.69) is 9.37 Å². The maximum absolute atomic E-state index is 13.2. The minimum Gasteiger partial charge on any atom is -0.691 e. The van der Waals surface area contributed by atoms with Crippen molar-refractivity contribution in [3.05, 3.63) is 29.3 Å². The molecule has 1 aromatic carbocycles. The molecule has 206 valence electrons. The topological polar surface area (TPSA) is 94.1 Å². The monoisotopic (exact) mass is 541 g/mol. The molecule has 7 nitrogen and oxygen atoms in total. The second-order valence-electron chi connectivity index (χ2n) is 14.0. The first-order chi connectivity index (χ1) is 18.4. The van der Waals surface area contributed by atoms with Gasteiger partial charge in [-0.25, -0.2) is 9.59 Å². The zero-order chi connectivity index (χ0) is 25.9. The molecule has 0 aromatic heterocycles. The van der Waals surface area contributed by atoms with Gasteiger partial charge in [0.2, 0.25) is 0 Å². The number of hydrogen-bond donors (Lipinski definition) is 0. The van der Waals surface area contributed by atoms with Gasteiger partial charge in [0, 0.05) is 15.7 Å². The summed E-state index contributed by atoms with van der Waals surface area (Å²) in [5.74, 6) is 3.75. The highest BCUT2D eigenvalue weighted by molar-refractivity contribution is 7.94. The van der Waals surface area contributed by atoms with Gasteiger partial charge in [-0.3, -0.25) is 5.04 Å². The summed E-state index contributed by atoms with van der Waals surface area (Å²) in [5, 5.41) is 13.9. The van der Waals surface area contributed by atoms with Gasteiger partial charge in [-0.1, -0.05) is 0 Å². The molecule has 8 fully saturated rings. The zero-order valence-corrected chi connectivity index (χ0v) is 22.7. The van der Waals surface area contributed by atoms with Crippen molar-refractivity contribution in [2.24, 2.45) is 46.3 Å². The van der Waals surface area contributed by atoms with Gasteiger partial charge < -0.3 is 14.7 Å². The number of rotatable bonds is 9. The molecule has 8 aliphatic carbocycles. The van der Waals surface area contributed by atoms with Crippen LogP contribution in [0.4, 0.5) is 0 Å². The Labute approximate surface area is 228 Å². The van der Waals surface area contributed by atoms with Crippen molar-refractivity contribution in [1.29, 1.82) is 0 Å². The van der Waals surface area contributed by atoms with E-state index in [9.17, 15) is 14.8 Å². The molecule has 0 saturated heterocycles. The first-order valence-corrected chi connectivity index (χ1v) is 15.2. The summed E-state index contributed by atoms with van der Waals surface area (Å²) >= 11 is 0.664. The Morgan fingerprint density at radius 2 is 1.05 bits per heavy atom. The third-order valence-corrected chi connectivity index (χ3v) is 11.4. The number of carbonyl (C=O) groups excluding carboxylic acids is 2. The Morgan fingerprint density at radius 3 is 1.39 bits per heavy atom. The Morgan fingerprint density at radius 1 is 0.684 bits per heavy atom. The molecule has 0 radical (unpaired) electrons. The average molecular weight is 542 g/mol. The lowest BCUT2D eigenvalue weighted by Gasteiger charge is -2.56. The molecular weight excluding hydrogens is 504 g/mol. The van der Waals surface area contributed by atoms with E-state index in [4.69, 9.17) is 9.47 Å². The predicted molar refractivity (Wildman–Crippen MR) is 136 cm³/mol. The zero-order valence-electron chi connectivity index (χ0n) is 21.9. The molecule has 38 heavy (non-hydrogen) atoms. The lowest BCUT2D eigenvalue weighted by molar-refractivity contribution is -0.777. The Balaban J connectivity index is 1.04. The second kappa shape index (κ2) is 9.79. The Bertz CT molecular complexity index is 951. The van der Waals surface area contributed by atoms with E-state index in [-0.39, 0.29) is 22.0 Å². The fraction of sp³-hybridized carbons (Fsp3) is 0.733. The van der Waals surface area contributed by atoms with Crippen LogP contribution in [-0.2, 0) is 18.8 Å². The van der Waals surface area contributed by atoms with Crippen LogP contribution in [0.3, 0.4) is 0 Å². The van der Waals surface area contributed by atoms with E-state index in [1.807, 2.05) is 0 Å². The van der Waals surface area contributed by atoms with E-state index >= 15 is 0 Å². The highest BCUT2D eigenvalue weighted by Gasteiger charge is 2.52. The van der Waals surface area contributed by atoms with E-state index in [1.54, 1.807) is 18.2 Å². The van der Waals surface area contributed by atoms with Crippen LogP contribution in [-0.4, -0.2) is 25.2 Å². The van der Waals surface area contributed by atoms with Gasteiger partial charge in [-0.15, -0.1) is 0 Å². The highest BCUT2D eigenvalue weighted by Crippen LogP contribution is 2.61. The molecule has 0 heterocycles. The van der Waals surface area contributed by atoms with Crippen LogP contribution in [0.15, 0.2) is 23.1 Å². The van der Waals surface area contributed by atoms with E-state index in [0.717, 1.165) is 74.0 Å². The molecule has 0 unspecified atom stereocenters. The molecule has 0 spiro atoms. The normalized spacial score (nSPS) is 39.9. The number of carbonyl (C=O) groups is 2. The van der Waals surface area contributed by atoms with Crippen molar-refractivity contribution in [2.45, 2.75) is 81.9 Å². The van der Waals surface area contributed by atoms with Crippen LogP contribution in [0.25, 0.3) is 0 Å². The minimum absolute atomic E-state index is 0.107. The molecule has 0 amide bonds. The molecule has 1 aromatic rings. The summed E-state index contributed by atoms with van der Waals surface area (Å²) in [6.07, 6.45) is 14.9. The SMILES string of the molecule is O=C(OCC12CC3CC(CC(C3)C1)C2)c1cc(SOO[O-])cc(C(=O)OCC23CC4CC(CC(C4)C2)C3)c1. The van der Waals surface area contributed by atoms with Gasteiger partial charge in [0.1, 0.15) is 0 Å². The van der Waals surface area contributed by atoms with Gasteiger partial charge in [0.15, 0.2) is 0 Å². The fourth-order valence-electron chi connectivity index (χ4n) is 10.5. The van der Waals surface area contributed by atoms with Crippen LogP contribution >= 0.6 is 12.0 Å². The molecule has 9 rings (SSSR count). The smallest absolute Gasteiger partial charge is 0.338 e. The van der Waals surface area contributed by atoms with Crippen molar-refractivity contribution in [1.82, 2.24) is 0 Å². The largest absolute Gasteiger partial charge is 0.691 e. The number of hydrogen-bond acceptors (Lipinski definition) is 8. The Hall–Kier alpha value is -1.61. The predicted octanol–water partition coefficient (Wildman–Crippen LogP) is 5.66. The molecule has 8 bridgehead atoms. The van der Waals surface area contributed by atoms with Crippen molar-refractivity contribution in [3.63, 3.8) is 0 Å². The van der Waals surface area contributed by atoms with E-state index in [1.165, 1.54) is 38.5 Å². The van der Waals surface area contributed by atoms with Gasteiger partial charge in [-0.2, -0.15) is 4.33 Å². The Kier molecular flexibility index (Phi) is 6.53. The molecule has 0 aliphatic heterocycles. The molecule has 8 saturated carbocycles. The molecular formula is C30H37O7S-. The lowest BCUT2D eigenvalue weighted by atomic mass is 9.50. The summed E-state index contributed by atoms with van der Waals surface area (Å²) < 4.78 is 16.3. The standard InChI is InChI=1S/C30H38O7S/c31-27(34-16-29-10-18-1-19(11-29)3-20(2-18)12-29)24-7-25(9-26(8-24)38-37-36-33)28(32)35-17-30-13-21-4-22(14-30)6-23(5-21)15-30/h7-9,18-23,33H,1-6,10-17H2/p-1. The van der Waals surface area contributed by atoms with E-state index in [0.29, 0.717) is 30.2 Å². The maximum Gasteiger partial charge on any atom is 0.338 e. The van der Waals surface area contributed by atoms with Gasteiger partial charge >= 0.3 is 11.9 Å². The summed E-state index contributed by atoms with van der Waals surface area (Å²) in [4.78, 5) is 26.8. The summed E-state index contributed by atoms with van der Waals surface area (Å²) in [5.41, 5.74) is 0.734. The van der Waals surface area contributed by atoms with Gasteiger partial charge in [0.05, 0.1) is 36.4 Å². The van der Waals surface area contributed by atoms with Gasteiger partial charge in [0.25, 0.3) is 0 Å². The van der Waals surface area contributed by atoms with Crippen LogP contribution in [0.1, 0.15) is 97.8 Å². The third-order valence-electron chi connectivity index (χ3n) is 10.9. The first-order valence-electron chi connectivity index (χ1n) is 14.5. The summed E-state index contributed by atoms with van der Waals surface area (Å²) in [7, 11) is 0. The summed E-state index contributed by atoms with van der Waals surface area (Å²) in [6, 6.07) is 4.69. The molecule has 0 atom stereocenters. The molecule has 8 heteroatoms. The first kappa shape index (κ1) is 25.4. The fourth-order valence-corrected chi connectivity index (χ4v) is 10.9. The molecule has 0 N–H and O–H groups in total. The van der Waals surface area contributed by atoms with Crippen molar-refractivity contribution in [2.75, 3.05) is 13.2 Å². The van der Waals surface area contributed by atoms with E-state index < -0.39 is 11.9 Å². The summed E-state index contributed by atoms with van der Waals surface area (Å²) in [6.45, 7) is 0.858. The lowest BCUT2D eigenvalue weighted by Crippen LogP contribution is -2.48. The second-order valence-corrected chi connectivity index (χ2v) is 14.7. The molecule has 8 aliphatic rings. The third kappa shape index (κ3) is 4.91. The highest BCUT2D eigenvalue weighted by atomic mass is 32.2. The number of esters is 2. The van der Waals surface area contributed by atoms with Crippen LogP contribution in [0, 0.1) is 46.3 Å². The van der Waals surface area contributed by atoms with Crippen LogP contribution in [0.5, 0.6) is 0 Å². The van der Waals surface area contributed by atoms with Crippen molar-refractivity contribution >= 4 is 24.0 Å². The average Bonchev–Trinajstić information content (AvgIpc) is 2.87. The van der Waals surface area contributed by atoms with Crippen molar-refractivity contribution in [3.8, 4) is 0 Å². The van der Waals surface area contributed by atoms with Gasteiger partial charge in [-0.05, 0) is 131 Å². The van der Waals surface area contributed by atoms with Crippen LogP contribution in [0.2, 0.25) is 0 Å².